The van der Waals surface area contributed by atoms with Gasteiger partial charge in [0.1, 0.15) is 17.2 Å². The Hall–Kier alpha value is -4.44. The van der Waals surface area contributed by atoms with Crippen LogP contribution in [0.1, 0.15) is 29.3 Å². The number of ether oxygens (including phenoxy) is 2. The molecule has 3 amide bonds. The Kier molecular flexibility index (Phi) is 11.9. The van der Waals surface area contributed by atoms with E-state index in [1.807, 2.05) is 13.0 Å². The second-order valence-electron chi connectivity index (χ2n) is 9.61. The first-order chi connectivity index (χ1) is 21.7. The van der Waals surface area contributed by atoms with E-state index in [4.69, 9.17) is 32.7 Å². The zero-order chi connectivity index (χ0) is 32.3. The standard InChI is InChI=1S/C34H31Cl2N3O5S/c1-4-30(34(42)38-24-17-25(43-2)20-26(18-24)44-3)45-27-14-9-13-23(19-27)37-33(41)29(16-22-12-8-15-28(35)31(22)36)39-32(40)21-10-6-5-7-11-21/h5-20,30H,4H2,1-3H3,(H,37,41)(H,38,42)(H,39,40)/b29-16+. The van der Waals surface area contributed by atoms with Crippen molar-refractivity contribution < 1.29 is 23.9 Å². The molecule has 0 aliphatic rings. The van der Waals surface area contributed by atoms with Crippen LogP contribution in [0.3, 0.4) is 0 Å². The van der Waals surface area contributed by atoms with Crippen LogP contribution < -0.4 is 25.4 Å². The number of rotatable bonds is 12. The summed E-state index contributed by atoms with van der Waals surface area (Å²) in [6.45, 7) is 1.92. The summed E-state index contributed by atoms with van der Waals surface area (Å²) in [5.74, 6) is -0.127. The van der Waals surface area contributed by atoms with Crippen LogP contribution in [0.5, 0.6) is 11.5 Å². The molecule has 0 aliphatic heterocycles. The summed E-state index contributed by atoms with van der Waals surface area (Å²) in [5.41, 5.74) is 1.81. The van der Waals surface area contributed by atoms with Crippen molar-refractivity contribution in [3.05, 3.63) is 118 Å². The molecule has 0 aromatic heterocycles. The summed E-state index contributed by atoms with van der Waals surface area (Å²) in [4.78, 5) is 40.5. The Balaban J connectivity index is 1.52. The summed E-state index contributed by atoms with van der Waals surface area (Å²) in [6.07, 6.45) is 2.01. The molecule has 1 unspecified atom stereocenters. The van der Waals surface area contributed by atoms with Gasteiger partial charge in [-0.15, -0.1) is 11.8 Å². The highest BCUT2D eigenvalue weighted by atomic mass is 35.5. The van der Waals surface area contributed by atoms with Crippen LogP contribution >= 0.6 is 35.0 Å². The molecule has 0 bridgehead atoms. The first-order valence-corrected chi connectivity index (χ1v) is 15.5. The predicted octanol–water partition coefficient (Wildman–Crippen LogP) is 7.93. The maximum atomic E-state index is 13.5. The smallest absolute Gasteiger partial charge is 0.272 e. The predicted molar refractivity (Wildman–Crippen MR) is 182 cm³/mol. The third-order valence-electron chi connectivity index (χ3n) is 6.46. The van der Waals surface area contributed by atoms with Gasteiger partial charge in [0.05, 0.1) is 29.5 Å². The number of nitrogens with one attached hydrogen (secondary N) is 3. The topological polar surface area (TPSA) is 106 Å². The maximum Gasteiger partial charge on any atom is 0.272 e. The Morgan fingerprint density at radius 2 is 1.51 bits per heavy atom. The first kappa shape index (κ1) is 33.5. The van der Waals surface area contributed by atoms with Gasteiger partial charge in [-0.1, -0.05) is 66.5 Å². The van der Waals surface area contributed by atoms with Crippen molar-refractivity contribution in [2.24, 2.45) is 0 Å². The van der Waals surface area contributed by atoms with Crippen LogP contribution in [0.15, 0.2) is 102 Å². The van der Waals surface area contributed by atoms with Gasteiger partial charge in [-0.2, -0.15) is 0 Å². The first-order valence-electron chi connectivity index (χ1n) is 13.8. The highest BCUT2D eigenvalue weighted by Gasteiger charge is 2.20. The molecule has 0 spiro atoms. The highest BCUT2D eigenvalue weighted by molar-refractivity contribution is 8.00. The zero-order valence-corrected chi connectivity index (χ0v) is 27.1. The Labute approximate surface area is 276 Å². The lowest BCUT2D eigenvalue weighted by Gasteiger charge is -2.17. The SMILES string of the molecule is CCC(Sc1cccc(NC(=O)/C(=C\c2cccc(Cl)c2Cl)NC(=O)c2ccccc2)c1)C(=O)Nc1cc(OC)cc(OC)c1. The summed E-state index contributed by atoms with van der Waals surface area (Å²) in [7, 11) is 3.08. The molecule has 4 aromatic rings. The number of halogens is 2. The van der Waals surface area contributed by atoms with E-state index < -0.39 is 17.1 Å². The second-order valence-corrected chi connectivity index (χ2v) is 11.7. The Bertz CT molecular complexity index is 1690. The number of hydrogen-bond donors (Lipinski definition) is 3. The molecule has 4 rings (SSSR count). The van der Waals surface area contributed by atoms with Crippen molar-refractivity contribution in [1.82, 2.24) is 5.32 Å². The quantitative estimate of drug-likeness (QED) is 0.105. The van der Waals surface area contributed by atoms with Gasteiger partial charge in [0.15, 0.2) is 0 Å². The van der Waals surface area contributed by atoms with E-state index in [1.54, 1.807) is 99.1 Å². The molecule has 232 valence electrons. The molecular formula is C34H31Cl2N3O5S. The molecule has 0 radical (unpaired) electrons. The average molecular weight is 665 g/mol. The van der Waals surface area contributed by atoms with Crippen LogP contribution in [0, 0.1) is 0 Å². The van der Waals surface area contributed by atoms with E-state index in [2.05, 4.69) is 16.0 Å². The van der Waals surface area contributed by atoms with Crippen molar-refractivity contribution in [1.29, 1.82) is 0 Å². The zero-order valence-electron chi connectivity index (χ0n) is 24.7. The third kappa shape index (κ3) is 9.28. The minimum absolute atomic E-state index is 0.0365. The van der Waals surface area contributed by atoms with E-state index in [9.17, 15) is 14.4 Å². The van der Waals surface area contributed by atoms with Gasteiger partial charge in [0.2, 0.25) is 5.91 Å². The maximum absolute atomic E-state index is 13.5. The largest absolute Gasteiger partial charge is 0.497 e. The van der Waals surface area contributed by atoms with Gasteiger partial charge < -0.3 is 25.4 Å². The number of carbonyl (C=O) groups excluding carboxylic acids is 3. The summed E-state index contributed by atoms with van der Waals surface area (Å²) >= 11 is 13.9. The number of anilines is 2. The number of benzene rings is 4. The van der Waals surface area contributed by atoms with Crippen molar-refractivity contribution >= 4 is 70.1 Å². The number of thioether (sulfide) groups is 1. The third-order valence-corrected chi connectivity index (χ3v) is 8.65. The lowest BCUT2D eigenvalue weighted by molar-refractivity contribution is -0.116. The van der Waals surface area contributed by atoms with E-state index in [0.717, 1.165) is 4.90 Å². The Morgan fingerprint density at radius 3 is 2.18 bits per heavy atom. The fraction of sp³-hybridized carbons (Fsp3) is 0.147. The van der Waals surface area contributed by atoms with Crippen LogP contribution in [-0.2, 0) is 9.59 Å². The summed E-state index contributed by atoms with van der Waals surface area (Å²) < 4.78 is 10.6. The van der Waals surface area contributed by atoms with Crippen LogP contribution in [0.25, 0.3) is 6.08 Å². The molecule has 11 heteroatoms. The van der Waals surface area contributed by atoms with Crippen molar-refractivity contribution in [3.8, 4) is 11.5 Å². The van der Waals surface area contributed by atoms with Crippen LogP contribution in [0.2, 0.25) is 10.0 Å². The lowest BCUT2D eigenvalue weighted by atomic mass is 10.1. The average Bonchev–Trinajstić information content (AvgIpc) is 3.05. The van der Waals surface area contributed by atoms with E-state index >= 15 is 0 Å². The molecule has 0 aliphatic carbocycles. The van der Waals surface area contributed by atoms with Gasteiger partial charge in [0.25, 0.3) is 11.8 Å². The molecule has 0 heterocycles. The Morgan fingerprint density at radius 1 is 0.822 bits per heavy atom. The number of carbonyl (C=O) groups is 3. The van der Waals surface area contributed by atoms with Gasteiger partial charge in [0, 0.05) is 40.0 Å². The molecule has 8 nitrogen and oxygen atoms in total. The number of methoxy groups -OCH3 is 2. The van der Waals surface area contributed by atoms with Gasteiger partial charge in [-0.3, -0.25) is 14.4 Å². The minimum atomic E-state index is -0.575. The molecule has 1 atom stereocenters. The fourth-order valence-electron chi connectivity index (χ4n) is 4.16. The van der Waals surface area contributed by atoms with Gasteiger partial charge in [-0.05, 0) is 54.5 Å². The monoisotopic (exact) mass is 663 g/mol. The molecule has 0 fully saturated rings. The normalized spacial score (nSPS) is 11.7. The number of hydrogen-bond acceptors (Lipinski definition) is 6. The van der Waals surface area contributed by atoms with E-state index in [1.165, 1.54) is 17.8 Å². The molecular weight excluding hydrogens is 633 g/mol. The van der Waals surface area contributed by atoms with Crippen molar-refractivity contribution in [3.63, 3.8) is 0 Å². The highest BCUT2D eigenvalue weighted by Crippen LogP contribution is 2.31. The molecule has 3 N–H and O–H groups in total. The summed E-state index contributed by atoms with van der Waals surface area (Å²) in [6, 6.07) is 25.8. The molecule has 0 saturated carbocycles. The summed E-state index contributed by atoms with van der Waals surface area (Å²) in [5, 5.41) is 8.58. The van der Waals surface area contributed by atoms with E-state index in [-0.39, 0.29) is 16.6 Å². The van der Waals surface area contributed by atoms with Crippen LogP contribution in [-0.4, -0.2) is 37.2 Å². The second kappa shape index (κ2) is 16.0. The van der Waals surface area contributed by atoms with Gasteiger partial charge in [-0.25, -0.2) is 0 Å². The van der Waals surface area contributed by atoms with E-state index in [0.29, 0.717) is 45.4 Å². The van der Waals surface area contributed by atoms with Crippen molar-refractivity contribution in [2.75, 3.05) is 24.9 Å². The van der Waals surface area contributed by atoms with Crippen molar-refractivity contribution in [2.45, 2.75) is 23.5 Å². The molecule has 45 heavy (non-hydrogen) atoms. The molecule has 4 aromatic carbocycles. The molecule has 0 saturated heterocycles. The minimum Gasteiger partial charge on any atom is -0.497 e. The van der Waals surface area contributed by atoms with Gasteiger partial charge >= 0.3 is 0 Å². The van der Waals surface area contributed by atoms with Crippen LogP contribution in [0.4, 0.5) is 11.4 Å². The fourth-order valence-corrected chi connectivity index (χ4v) is 5.54. The lowest BCUT2D eigenvalue weighted by Crippen LogP contribution is -2.30. The number of amides is 3.